The van der Waals surface area contributed by atoms with Crippen molar-refractivity contribution >= 4 is 28.8 Å². The van der Waals surface area contributed by atoms with Gasteiger partial charge in [0.15, 0.2) is 22.4 Å². The Morgan fingerprint density at radius 2 is 1.67 bits per heavy atom. The van der Waals surface area contributed by atoms with Crippen molar-refractivity contribution < 1.29 is 27.5 Å². The van der Waals surface area contributed by atoms with Gasteiger partial charge in [-0.3, -0.25) is 9.36 Å². The molecule has 0 aliphatic carbocycles. The van der Waals surface area contributed by atoms with Gasteiger partial charge in [0, 0.05) is 23.1 Å². The Balaban J connectivity index is 2.25. The molecule has 4 rings (SSSR count). The number of aromatic nitrogens is 3. The Bertz CT molecular complexity index is 1500. The molecule has 1 N–H and O–H groups in total. The van der Waals surface area contributed by atoms with Gasteiger partial charge in [0.2, 0.25) is 0 Å². The second-order valence-electron chi connectivity index (χ2n) is 7.00. The largest absolute Gasteiger partial charge is 0.477 e. The first-order chi connectivity index (χ1) is 15.6. The zero-order valence-electron chi connectivity index (χ0n) is 17.0. The van der Waals surface area contributed by atoms with Crippen LogP contribution >= 0.6 is 11.8 Å². The fraction of sp³-hybridized carbons (Fsp3) is 0.0909. The summed E-state index contributed by atoms with van der Waals surface area (Å²) < 4.78 is 58.0. The highest BCUT2D eigenvalue weighted by Gasteiger charge is 2.25. The van der Waals surface area contributed by atoms with E-state index in [1.807, 2.05) is 0 Å². The Morgan fingerprint density at radius 1 is 1.00 bits per heavy atom. The highest BCUT2D eigenvalue weighted by Crippen LogP contribution is 2.32. The lowest BCUT2D eigenvalue weighted by atomic mass is 10.0. The Labute approximate surface area is 187 Å². The Morgan fingerprint density at radius 3 is 2.24 bits per heavy atom. The molecule has 0 aliphatic rings. The van der Waals surface area contributed by atoms with Crippen LogP contribution in [0.1, 0.15) is 15.9 Å². The van der Waals surface area contributed by atoms with Crippen LogP contribution in [0.15, 0.2) is 46.3 Å². The fourth-order valence-electron chi connectivity index (χ4n) is 3.38. The number of nitrogens with zero attached hydrogens (tertiary/aromatic N) is 3. The number of aryl methyl sites for hydroxylation is 1. The lowest BCUT2D eigenvalue weighted by Gasteiger charge is -2.16. The minimum atomic E-state index is -1.69. The van der Waals surface area contributed by atoms with Gasteiger partial charge in [-0.25, -0.2) is 32.3 Å². The summed E-state index contributed by atoms with van der Waals surface area (Å²) in [4.78, 5) is 33.2. The van der Waals surface area contributed by atoms with Crippen molar-refractivity contribution in [3.63, 3.8) is 0 Å². The summed E-state index contributed by atoms with van der Waals surface area (Å²) in [7, 11) is 0. The lowest BCUT2D eigenvalue weighted by molar-refractivity contribution is 0.0694. The van der Waals surface area contributed by atoms with E-state index in [0.29, 0.717) is 22.3 Å². The summed E-state index contributed by atoms with van der Waals surface area (Å²) in [5.74, 6) is -6.52. The fourth-order valence-corrected chi connectivity index (χ4v) is 3.74. The number of hydrogen-bond donors (Lipinski definition) is 1. The molecular formula is C22H13F4N3O3S. The summed E-state index contributed by atoms with van der Waals surface area (Å²) in [6, 6.07) is 5.86. The number of halogens is 4. The average Bonchev–Trinajstić information content (AvgIpc) is 2.73. The Hall–Kier alpha value is -3.73. The van der Waals surface area contributed by atoms with Crippen LogP contribution in [0.2, 0.25) is 0 Å². The molecule has 0 saturated heterocycles. The Kier molecular flexibility index (Phi) is 5.66. The SMILES string of the molecule is CSc1nc(-c2ccc(C)cc2F)c2cc(C(=O)O)c(=O)n(-c3c(F)cc(F)cc3F)c2n1. The molecule has 33 heavy (non-hydrogen) atoms. The number of hydrogen-bond acceptors (Lipinski definition) is 5. The molecule has 4 aromatic rings. The van der Waals surface area contributed by atoms with Crippen LogP contribution in [-0.4, -0.2) is 31.9 Å². The number of benzene rings is 2. The normalized spacial score (nSPS) is 11.2. The van der Waals surface area contributed by atoms with Crippen molar-refractivity contribution in [3.8, 4) is 16.9 Å². The second kappa shape index (κ2) is 8.32. The first-order valence-corrected chi connectivity index (χ1v) is 10.5. The molecule has 0 atom stereocenters. The topological polar surface area (TPSA) is 85.1 Å². The van der Waals surface area contributed by atoms with E-state index in [4.69, 9.17) is 0 Å². The van der Waals surface area contributed by atoms with Gasteiger partial charge in [-0.2, -0.15) is 0 Å². The van der Waals surface area contributed by atoms with E-state index in [9.17, 15) is 32.3 Å². The number of pyridine rings is 1. The third-order valence-electron chi connectivity index (χ3n) is 4.84. The molecule has 0 bridgehead atoms. The molecule has 2 aromatic heterocycles. The molecule has 0 amide bonds. The molecule has 6 nitrogen and oxygen atoms in total. The van der Waals surface area contributed by atoms with Gasteiger partial charge < -0.3 is 5.11 Å². The predicted octanol–water partition coefficient (Wildman–Crippen LogP) is 4.73. The number of aromatic carboxylic acids is 1. The molecule has 0 spiro atoms. The third kappa shape index (κ3) is 3.84. The lowest BCUT2D eigenvalue weighted by Crippen LogP contribution is -2.28. The van der Waals surface area contributed by atoms with Crippen LogP contribution in [0.3, 0.4) is 0 Å². The van der Waals surface area contributed by atoms with E-state index in [1.165, 1.54) is 12.1 Å². The van der Waals surface area contributed by atoms with Gasteiger partial charge >= 0.3 is 5.97 Å². The number of rotatable bonds is 4. The highest BCUT2D eigenvalue weighted by atomic mass is 32.2. The molecule has 0 aliphatic heterocycles. The number of carboxylic acid groups (broad SMARTS) is 1. The summed E-state index contributed by atoms with van der Waals surface area (Å²) in [5, 5.41) is 9.43. The standard InChI is InChI=1S/C22H13F4N3O3S/c1-9-3-4-11(14(24)5-9)17-12-8-13(21(31)32)20(30)29(19(12)28-22(27-17)33-2)18-15(25)6-10(23)7-16(18)26/h3-8H,1-2H3,(H,31,32). The van der Waals surface area contributed by atoms with E-state index >= 15 is 0 Å². The molecule has 168 valence electrons. The van der Waals surface area contributed by atoms with E-state index in [-0.39, 0.29) is 27.4 Å². The van der Waals surface area contributed by atoms with E-state index < -0.39 is 46.0 Å². The maximum Gasteiger partial charge on any atom is 0.341 e. The molecule has 0 unspecified atom stereocenters. The van der Waals surface area contributed by atoms with Crippen LogP contribution < -0.4 is 5.56 Å². The second-order valence-corrected chi connectivity index (χ2v) is 7.77. The molecule has 0 fully saturated rings. The molecule has 0 radical (unpaired) electrons. The van der Waals surface area contributed by atoms with Gasteiger partial charge in [-0.15, -0.1) is 0 Å². The van der Waals surface area contributed by atoms with Crippen molar-refractivity contribution in [2.75, 3.05) is 6.26 Å². The van der Waals surface area contributed by atoms with Crippen molar-refractivity contribution in [3.05, 3.63) is 81.1 Å². The summed E-state index contributed by atoms with van der Waals surface area (Å²) in [5.41, 5.74) is -3.07. The zero-order chi connectivity index (χ0) is 24.0. The van der Waals surface area contributed by atoms with Gasteiger partial charge in [0.05, 0.1) is 5.69 Å². The summed E-state index contributed by atoms with van der Waals surface area (Å²) in [6.07, 6.45) is 1.59. The first kappa shape index (κ1) is 22.5. The highest BCUT2D eigenvalue weighted by molar-refractivity contribution is 7.98. The van der Waals surface area contributed by atoms with Gasteiger partial charge in [0.25, 0.3) is 5.56 Å². The minimum Gasteiger partial charge on any atom is -0.477 e. The van der Waals surface area contributed by atoms with Crippen molar-refractivity contribution in [1.82, 2.24) is 14.5 Å². The number of thioether (sulfide) groups is 1. The molecular weight excluding hydrogens is 462 g/mol. The third-order valence-corrected chi connectivity index (χ3v) is 5.38. The van der Waals surface area contributed by atoms with Crippen LogP contribution in [0, 0.1) is 30.2 Å². The van der Waals surface area contributed by atoms with E-state index in [2.05, 4.69) is 9.97 Å². The van der Waals surface area contributed by atoms with Crippen LogP contribution in [0.4, 0.5) is 17.6 Å². The summed E-state index contributed by atoms with van der Waals surface area (Å²) >= 11 is 1.01. The van der Waals surface area contributed by atoms with E-state index in [1.54, 1.807) is 19.2 Å². The number of carbonyl (C=O) groups is 1. The van der Waals surface area contributed by atoms with Crippen molar-refractivity contribution in [2.24, 2.45) is 0 Å². The first-order valence-electron chi connectivity index (χ1n) is 9.29. The quantitative estimate of drug-likeness (QED) is 0.261. The molecule has 2 aromatic carbocycles. The van der Waals surface area contributed by atoms with Crippen LogP contribution in [0.25, 0.3) is 28.0 Å². The van der Waals surface area contributed by atoms with Gasteiger partial charge in [-0.05, 0) is 36.9 Å². The molecule has 2 heterocycles. The average molecular weight is 475 g/mol. The van der Waals surface area contributed by atoms with Crippen molar-refractivity contribution in [1.29, 1.82) is 0 Å². The number of fused-ring (bicyclic) bond motifs is 1. The smallest absolute Gasteiger partial charge is 0.341 e. The molecule has 0 saturated carbocycles. The zero-order valence-corrected chi connectivity index (χ0v) is 17.8. The van der Waals surface area contributed by atoms with E-state index in [0.717, 1.165) is 17.8 Å². The molecule has 11 heteroatoms. The van der Waals surface area contributed by atoms with Crippen LogP contribution in [0.5, 0.6) is 0 Å². The minimum absolute atomic E-state index is 0.0247. The van der Waals surface area contributed by atoms with Gasteiger partial charge in [0.1, 0.15) is 22.9 Å². The monoisotopic (exact) mass is 475 g/mol. The summed E-state index contributed by atoms with van der Waals surface area (Å²) in [6.45, 7) is 1.67. The van der Waals surface area contributed by atoms with Gasteiger partial charge in [-0.1, -0.05) is 17.8 Å². The van der Waals surface area contributed by atoms with Crippen molar-refractivity contribution in [2.45, 2.75) is 12.1 Å². The predicted molar refractivity (Wildman–Crippen MR) is 114 cm³/mol. The maximum atomic E-state index is 14.8. The van der Waals surface area contributed by atoms with Crippen LogP contribution in [-0.2, 0) is 0 Å². The number of carboxylic acids is 1. The maximum absolute atomic E-state index is 14.8.